The zero-order valence-corrected chi connectivity index (χ0v) is 11.0. The van der Waals surface area contributed by atoms with Gasteiger partial charge in [0.05, 0.1) is 24.3 Å². The van der Waals surface area contributed by atoms with Crippen molar-refractivity contribution in [3.05, 3.63) is 36.5 Å². The highest BCUT2D eigenvalue weighted by atomic mass is 16.5. The molecule has 4 heteroatoms. The molecule has 1 aromatic carbocycles. The topological polar surface area (TPSA) is 45.6 Å². The molecule has 1 saturated heterocycles. The second kappa shape index (κ2) is 5.15. The number of ether oxygens (including phenoxy) is 1. The SMILES string of the molecule is CO[C@@H]1C[C@@H](CO)N(c2ccnc3ccccc23)C1. The lowest BCUT2D eigenvalue weighted by molar-refractivity contribution is 0.115. The number of hydrogen-bond donors (Lipinski definition) is 1. The molecule has 2 heterocycles. The summed E-state index contributed by atoms with van der Waals surface area (Å²) >= 11 is 0. The van der Waals surface area contributed by atoms with Gasteiger partial charge in [-0.2, -0.15) is 0 Å². The average Bonchev–Trinajstić information content (AvgIpc) is 2.90. The monoisotopic (exact) mass is 258 g/mol. The average molecular weight is 258 g/mol. The molecule has 0 radical (unpaired) electrons. The minimum absolute atomic E-state index is 0.121. The molecule has 100 valence electrons. The Balaban J connectivity index is 2.04. The van der Waals surface area contributed by atoms with Crippen LogP contribution in [0.3, 0.4) is 0 Å². The summed E-state index contributed by atoms with van der Waals surface area (Å²) in [5, 5.41) is 10.7. The summed E-state index contributed by atoms with van der Waals surface area (Å²) < 4.78 is 5.44. The van der Waals surface area contributed by atoms with Crippen molar-refractivity contribution in [3.63, 3.8) is 0 Å². The first-order valence-corrected chi connectivity index (χ1v) is 6.57. The largest absolute Gasteiger partial charge is 0.394 e. The molecule has 3 rings (SSSR count). The van der Waals surface area contributed by atoms with Gasteiger partial charge in [0.15, 0.2) is 0 Å². The maximum atomic E-state index is 9.57. The van der Waals surface area contributed by atoms with Crippen LogP contribution in [0.2, 0.25) is 0 Å². The fraction of sp³-hybridized carbons (Fsp3) is 0.400. The van der Waals surface area contributed by atoms with E-state index in [9.17, 15) is 5.11 Å². The van der Waals surface area contributed by atoms with Gasteiger partial charge in [-0.05, 0) is 18.6 Å². The molecule has 2 aromatic rings. The lowest BCUT2D eigenvalue weighted by atomic mass is 10.1. The van der Waals surface area contributed by atoms with Crippen LogP contribution in [0.4, 0.5) is 5.69 Å². The van der Waals surface area contributed by atoms with Crippen LogP contribution in [0.5, 0.6) is 0 Å². The quantitative estimate of drug-likeness (QED) is 0.912. The molecule has 2 atom stereocenters. The van der Waals surface area contributed by atoms with E-state index in [1.807, 2.05) is 30.5 Å². The minimum Gasteiger partial charge on any atom is -0.394 e. The lowest BCUT2D eigenvalue weighted by Crippen LogP contribution is -2.32. The molecule has 1 aliphatic heterocycles. The highest BCUT2D eigenvalue weighted by Crippen LogP contribution is 2.31. The molecule has 4 nitrogen and oxygen atoms in total. The summed E-state index contributed by atoms with van der Waals surface area (Å²) in [6.45, 7) is 0.965. The maximum Gasteiger partial charge on any atom is 0.0766 e. The van der Waals surface area contributed by atoms with Crippen LogP contribution < -0.4 is 4.90 Å². The Morgan fingerprint density at radius 3 is 3.00 bits per heavy atom. The van der Waals surface area contributed by atoms with Crippen molar-refractivity contribution >= 4 is 16.6 Å². The fourth-order valence-corrected chi connectivity index (χ4v) is 2.84. The van der Waals surface area contributed by atoms with E-state index >= 15 is 0 Å². The van der Waals surface area contributed by atoms with Crippen LogP contribution in [0.1, 0.15) is 6.42 Å². The third-order valence-electron chi connectivity index (χ3n) is 3.86. The second-order valence-electron chi connectivity index (χ2n) is 4.93. The van der Waals surface area contributed by atoms with Crippen LogP contribution >= 0.6 is 0 Å². The molecule has 0 amide bonds. The van der Waals surface area contributed by atoms with Crippen molar-refractivity contribution < 1.29 is 9.84 Å². The number of nitrogens with zero attached hydrogens (tertiary/aromatic N) is 2. The van der Waals surface area contributed by atoms with Crippen molar-refractivity contribution in [2.24, 2.45) is 0 Å². The van der Waals surface area contributed by atoms with E-state index < -0.39 is 0 Å². The predicted octanol–water partition coefficient (Wildman–Crippen LogP) is 1.82. The molecule has 0 unspecified atom stereocenters. The third-order valence-corrected chi connectivity index (χ3v) is 3.86. The number of benzene rings is 1. The predicted molar refractivity (Wildman–Crippen MR) is 75.4 cm³/mol. The number of rotatable bonds is 3. The Labute approximate surface area is 112 Å². The Morgan fingerprint density at radius 2 is 2.21 bits per heavy atom. The number of anilines is 1. The number of aliphatic hydroxyl groups is 1. The number of pyridine rings is 1. The van der Waals surface area contributed by atoms with E-state index in [1.54, 1.807) is 7.11 Å². The zero-order chi connectivity index (χ0) is 13.2. The van der Waals surface area contributed by atoms with Gasteiger partial charge in [-0.15, -0.1) is 0 Å². The van der Waals surface area contributed by atoms with E-state index in [1.165, 1.54) is 0 Å². The van der Waals surface area contributed by atoms with Gasteiger partial charge < -0.3 is 14.7 Å². The first-order chi connectivity index (χ1) is 9.33. The molecular weight excluding hydrogens is 240 g/mol. The van der Waals surface area contributed by atoms with Crippen molar-refractivity contribution in [1.82, 2.24) is 4.98 Å². The Hall–Kier alpha value is -1.65. The Morgan fingerprint density at radius 1 is 1.37 bits per heavy atom. The van der Waals surface area contributed by atoms with Gasteiger partial charge in [0.2, 0.25) is 0 Å². The molecule has 0 spiro atoms. The standard InChI is InChI=1S/C15H18N2O2/c1-19-12-8-11(10-18)17(9-12)15-6-7-16-14-5-3-2-4-13(14)15/h2-7,11-12,18H,8-10H2,1H3/t11-,12+/m0/s1. The molecule has 1 N–H and O–H groups in total. The molecule has 19 heavy (non-hydrogen) atoms. The van der Waals surface area contributed by atoms with Crippen LogP contribution in [0.15, 0.2) is 36.5 Å². The van der Waals surface area contributed by atoms with Crippen LogP contribution in [0.25, 0.3) is 10.9 Å². The minimum atomic E-state index is 0.121. The molecule has 1 aliphatic rings. The molecular formula is C15H18N2O2. The summed E-state index contributed by atoms with van der Waals surface area (Å²) in [7, 11) is 1.73. The summed E-state index contributed by atoms with van der Waals surface area (Å²) in [5.41, 5.74) is 2.11. The van der Waals surface area contributed by atoms with Gasteiger partial charge in [-0.25, -0.2) is 0 Å². The smallest absolute Gasteiger partial charge is 0.0766 e. The highest BCUT2D eigenvalue weighted by Gasteiger charge is 2.32. The Bertz CT molecular complexity index is 568. The third kappa shape index (κ3) is 2.17. The van der Waals surface area contributed by atoms with E-state index in [-0.39, 0.29) is 18.8 Å². The molecule has 0 aliphatic carbocycles. The van der Waals surface area contributed by atoms with Gasteiger partial charge in [0.1, 0.15) is 0 Å². The van der Waals surface area contributed by atoms with Crippen LogP contribution in [-0.4, -0.2) is 42.5 Å². The lowest BCUT2D eigenvalue weighted by Gasteiger charge is -2.26. The van der Waals surface area contributed by atoms with Gasteiger partial charge in [0.25, 0.3) is 0 Å². The van der Waals surface area contributed by atoms with Gasteiger partial charge in [-0.1, -0.05) is 18.2 Å². The number of hydrogen-bond acceptors (Lipinski definition) is 4. The van der Waals surface area contributed by atoms with E-state index in [2.05, 4.69) is 16.0 Å². The second-order valence-corrected chi connectivity index (χ2v) is 4.93. The highest BCUT2D eigenvalue weighted by molar-refractivity contribution is 5.91. The molecule has 1 aromatic heterocycles. The molecule has 1 fully saturated rings. The summed E-state index contributed by atoms with van der Waals surface area (Å²) in [6, 6.07) is 10.2. The number of fused-ring (bicyclic) bond motifs is 1. The van der Waals surface area contributed by atoms with E-state index in [0.717, 1.165) is 29.6 Å². The van der Waals surface area contributed by atoms with E-state index in [4.69, 9.17) is 4.74 Å². The van der Waals surface area contributed by atoms with Gasteiger partial charge >= 0.3 is 0 Å². The number of para-hydroxylation sites is 1. The molecule has 0 bridgehead atoms. The van der Waals surface area contributed by atoms with Crippen molar-refractivity contribution in [3.8, 4) is 0 Å². The number of aromatic nitrogens is 1. The van der Waals surface area contributed by atoms with Crippen LogP contribution in [-0.2, 0) is 4.74 Å². The number of methoxy groups -OCH3 is 1. The first-order valence-electron chi connectivity index (χ1n) is 6.57. The van der Waals surface area contributed by atoms with E-state index in [0.29, 0.717) is 0 Å². The summed E-state index contributed by atoms with van der Waals surface area (Å²) in [6.07, 6.45) is 2.87. The summed E-state index contributed by atoms with van der Waals surface area (Å²) in [4.78, 5) is 6.62. The van der Waals surface area contributed by atoms with Gasteiger partial charge in [0, 0.05) is 30.9 Å². The van der Waals surface area contributed by atoms with Gasteiger partial charge in [-0.3, -0.25) is 4.98 Å². The Kier molecular flexibility index (Phi) is 3.36. The molecule has 0 saturated carbocycles. The van der Waals surface area contributed by atoms with Crippen molar-refractivity contribution in [2.45, 2.75) is 18.6 Å². The fourth-order valence-electron chi connectivity index (χ4n) is 2.84. The maximum absolute atomic E-state index is 9.57. The zero-order valence-electron chi connectivity index (χ0n) is 11.0. The number of aliphatic hydroxyl groups excluding tert-OH is 1. The normalized spacial score (nSPS) is 23.2. The summed E-state index contributed by atoms with van der Waals surface area (Å²) in [5.74, 6) is 0. The van der Waals surface area contributed by atoms with Crippen molar-refractivity contribution in [1.29, 1.82) is 0 Å². The van der Waals surface area contributed by atoms with Crippen molar-refractivity contribution in [2.75, 3.05) is 25.2 Å². The van der Waals surface area contributed by atoms with Crippen LogP contribution in [0, 0.1) is 0 Å². The first kappa shape index (κ1) is 12.4.